The second kappa shape index (κ2) is 23.7. The maximum atomic E-state index is 2.40. The van der Waals surface area contributed by atoms with Crippen LogP contribution in [0.2, 0.25) is 0 Å². The van der Waals surface area contributed by atoms with Crippen molar-refractivity contribution in [2.75, 3.05) is 0 Å². The van der Waals surface area contributed by atoms with Gasteiger partial charge < -0.3 is 24.8 Å². The molecule has 0 aliphatic carbocycles. The Kier molecular flexibility index (Phi) is 23.0. The van der Waals surface area contributed by atoms with Crippen molar-refractivity contribution in [3.63, 3.8) is 0 Å². The van der Waals surface area contributed by atoms with E-state index in [4.69, 9.17) is 0 Å². The van der Waals surface area contributed by atoms with E-state index in [1.165, 1.54) is 140 Å². The summed E-state index contributed by atoms with van der Waals surface area (Å²) in [5, 5.41) is 0. The maximum absolute atomic E-state index is 2.40. The number of nitrogens with zero attached hydrogens (tertiary/aromatic N) is 2. The number of unbranched alkanes of at least 4 members (excludes halogenated alkanes) is 13. The van der Waals surface area contributed by atoms with Crippen LogP contribution >= 0.6 is 0 Å². The minimum Gasteiger partial charge on any atom is -1.00 e. The summed E-state index contributed by atoms with van der Waals surface area (Å²) in [4.78, 5) is 0. The Balaban J connectivity index is 0.00000684. The second-order valence-electron chi connectivity index (χ2n) is 11.2. The minimum absolute atomic E-state index is 0. The van der Waals surface area contributed by atoms with E-state index in [-0.39, 0.29) is 24.8 Å². The molecule has 0 unspecified atom stereocenters. The molecule has 0 saturated carbocycles. The highest BCUT2D eigenvalue weighted by Crippen LogP contribution is 2.13. The summed E-state index contributed by atoms with van der Waals surface area (Å²) in [6.45, 7) is 11.5. The summed E-state index contributed by atoms with van der Waals surface area (Å²) < 4.78 is 4.81. The van der Waals surface area contributed by atoms with Gasteiger partial charge in [0.1, 0.15) is 13.1 Å². The molecule has 2 heterocycles. The fourth-order valence-electron chi connectivity index (χ4n) is 5.36. The van der Waals surface area contributed by atoms with Crippen LogP contribution in [-0.2, 0) is 25.9 Å². The van der Waals surface area contributed by atoms with Gasteiger partial charge in [0.05, 0.1) is 0 Å². The molecule has 0 atom stereocenters. The fraction of sp³-hybridized carbons (Fsp3) is 0.706. The first-order valence-corrected chi connectivity index (χ1v) is 15.6. The summed E-state index contributed by atoms with van der Waals surface area (Å²) in [5.41, 5.74) is 6.02. The van der Waals surface area contributed by atoms with Gasteiger partial charge in [0, 0.05) is 36.1 Å². The van der Waals surface area contributed by atoms with Crippen molar-refractivity contribution in [2.24, 2.45) is 0 Å². The first-order chi connectivity index (χ1) is 17.6. The molecule has 0 aliphatic rings. The van der Waals surface area contributed by atoms with Gasteiger partial charge in [0.2, 0.25) is 0 Å². The summed E-state index contributed by atoms with van der Waals surface area (Å²) in [5.74, 6) is 0. The minimum atomic E-state index is 0. The van der Waals surface area contributed by atoms with Gasteiger partial charge in [0.15, 0.2) is 24.8 Å². The molecule has 0 amide bonds. The standard InChI is InChI=1S/C34H58N2.2ClH/c1-5-7-17-21-33-23-27-35(29-31(33)3)25-19-15-13-11-9-10-12-14-16-20-26-36-28-24-34(32(4)30-36)22-18-8-6-2;;/h23-24,27-30H,5-22,25-26H2,1-4H3;2*1H/q+2;;/p-2. The molecule has 0 bridgehead atoms. The van der Waals surface area contributed by atoms with E-state index in [0.29, 0.717) is 0 Å². The third kappa shape index (κ3) is 16.1. The summed E-state index contributed by atoms with van der Waals surface area (Å²) >= 11 is 0. The first-order valence-electron chi connectivity index (χ1n) is 15.6. The Morgan fingerprint density at radius 3 is 1.13 bits per heavy atom. The van der Waals surface area contributed by atoms with Gasteiger partial charge in [-0.25, -0.2) is 9.13 Å². The lowest BCUT2D eigenvalue weighted by Gasteiger charge is -2.05. The van der Waals surface area contributed by atoms with Crippen LogP contribution in [0.3, 0.4) is 0 Å². The van der Waals surface area contributed by atoms with E-state index in [1.807, 2.05) is 0 Å². The number of pyridine rings is 2. The monoisotopic (exact) mass is 564 g/mol. The van der Waals surface area contributed by atoms with Crippen molar-refractivity contribution in [1.82, 2.24) is 0 Å². The molecule has 0 saturated heterocycles. The molecular formula is C34H58Cl2N2. The number of hydrogen-bond donors (Lipinski definition) is 0. The molecule has 4 heteroatoms. The van der Waals surface area contributed by atoms with Gasteiger partial charge in [-0.15, -0.1) is 0 Å². The second-order valence-corrected chi connectivity index (χ2v) is 11.2. The zero-order valence-electron chi connectivity index (χ0n) is 25.3. The van der Waals surface area contributed by atoms with Crippen LogP contribution in [-0.4, -0.2) is 0 Å². The van der Waals surface area contributed by atoms with Crippen LogP contribution in [0, 0.1) is 13.8 Å². The average molecular weight is 566 g/mol. The number of rotatable bonds is 21. The van der Waals surface area contributed by atoms with Gasteiger partial charge in [-0.2, -0.15) is 0 Å². The van der Waals surface area contributed by atoms with Crippen LogP contribution in [0.15, 0.2) is 36.9 Å². The Hall–Kier alpha value is -1.12. The quantitative estimate of drug-likeness (QED) is 0.163. The molecule has 0 radical (unpaired) electrons. The fourth-order valence-corrected chi connectivity index (χ4v) is 5.36. The molecule has 38 heavy (non-hydrogen) atoms. The van der Waals surface area contributed by atoms with E-state index in [2.05, 4.69) is 73.7 Å². The van der Waals surface area contributed by atoms with E-state index < -0.39 is 0 Å². The third-order valence-corrected chi connectivity index (χ3v) is 7.85. The molecular weight excluding hydrogens is 507 g/mol. The molecule has 0 fully saturated rings. The predicted molar refractivity (Wildman–Crippen MR) is 155 cm³/mol. The van der Waals surface area contributed by atoms with Crippen LogP contribution in [0.1, 0.15) is 139 Å². The molecule has 0 aliphatic heterocycles. The largest absolute Gasteiger partial charge is 1.00 e. The zero-order chi connectivity index (χ0) is 25.8. The number of hydrogen-bond acceptors (Lipinski definition) is 0. The number of halogens is 2. The Morgan fingerprint density at radius 2 is 0.816 bits per heavy atom. The zero-order valence-corrected chi connectivity index (χ0v) is 26.8. The molecule has 218 valence electrons. The molecule has 2 aromatic heterocycles. The van der Waals surface area contributed by atoms with Crippen LogP contribution in [0.25, 0.3) is 0 Å². The van der Waals surface area contributed by atoms with E-state index >= 15 is 0 Å². The number of aromatic nitrogens is 2. The average Bonchev–Trinajstić information content (AvgIpc) is 2.87. The Labute approximate surface area is 248 Å². The summed E-state index contributed by atoms with van der Waals surface area (Å²) in [6.07, 6.45) is 33.6. The molecule has 2 rings (SSSR count). The highest BCUT2D eigenvalue weighted by molar-refractivity contribution is 5.20. The highest BCUT2D eigenvalue weighted by Gasteiger charge is 2.07. The summed E-state index contributed by atoms with van der Waals surface area (Å²) in [7, 11) is 0. The SMILES string of the molecule is CCCCCc1cc[n+](CCCCCCCCCCCC[n+]2ccc(CCCCC)c(C)c2)cc1C.[Cl-].[Cl-]. The highest BCUT2D eigenvalue weighted by atomic mass is 35.5. The van der Waals surface area contributed by atoms with Crippen LogP contribution < -0.4 is 33.9 Å². The van der Waals surface area contributed by atoms with Crippen molar-refractivity contribution in [3.8, 4) is 0 Å². The smallest absolute Gasteiger partial charge is 0.171 e. The van der Waals surface area contributed by atoms with Crippen molar-refractivity contribution in [1.29, 1.82) is 0 Å². The maximum Gasteiger partial charge on any atom is 0.171 e. The summed E-state index contributed by atoms with van der Waals surface area (Å²) in [6, 6.07) is 4.71. The lowest BCUT2D eigenvalue weighted by Crippen LogP contribution is -3.00. The predicted octanol–water partition coefficient (Wildman–Crippen LogP) is 2.95. The van der Waals surface area contributed by atoms with Crippen molar-refractivity contribution in [3.05, 3.63) is 59.2 Å². The molecule has 0 N–H and O–H groups in total. The van der Waals surface area contributed by atoms with Crippen molar-refractivity contribution < 1.29 is 33.9 Å². The molecule has 2 nitrogen and oxygen atoms in total. The first kappa shape index (κ1) is 36.9. The normalized spacial score (nSPS) is 10.7. The molecule has 0 aromatic carbocycles. The van der Waals surface area contributed by atoms with Crippen LogP contribution in [0.4, 0.5) is 0 Å². The Morgan fingerprint density at radius 1 is 0.474 bits per heavy atom. The van der Waals surface area contributed by atoms with E-state index in [9.17, 15) is 0 Å². The van der Waals surface area contributed by atoms with Gasteiger partial charge in [-0.1, -0.05) is 78.1 Å². The third-order valence-electron chi connectivity index (χ3n) is 7.85. The van der Waals surface area contributed by atoms with Gasteiger partial charge in [0.25, 0.3) is 0 Å². The number of aryl methyl sites for hydroxylation is 6. The topological polar surface area (TPSA) is 7.76 Å². The molecule has 2 aromatic rings. The van der Waals surface area contributed by atoms with Gasteiger partial charge in [-0.05, 0) is 63.5 Å². The lowest BCUT2D eigenvalue weighted by molar-refractivity contribution is -0.697. The van der Waals surface area contributed by atoms with Crippen molar-refractivity contribution in [2.45, 2.75) is 156 Å². The van der Waals surface area contributed by atoms with E-state index in [1.54, 1.807) is 11.1 Å². The van der Waals surface area contributed by atoms with Gasteiger partial charge in [-0.3, -0.25) is 0 Å². The lowest BCUT2D eigenvalue weighted by atomic mass is 10.0. The van der Waals surface area contributed by atoms with Crippen molar-refractivity contribution >= 4 is 0 Å². The molecule has 0 spiro atoms. The van der Waals surface area contributed by atoms with Crippen LogP contribution in [0.5, 0.6) is 0 Å². The van der Waals surface area contributed by atoms with E-state index in [0.717, 1.165) is 0 Å². The van der Waals surface area contributed by atoms with Gasteiger partial charge >= 0.3 is 0 Å². The Bertz CT molecular complexity index is 768.